The second-order valence-electron chi connectivity index (χ2n) is 2.42. The van der Waals surface area contributed by atoms with Gasteiger partial charge >= 0.3 is 5.97 Å². The van der Waals surface area contributed by atoms with Gasteiger partial charge in [0.1, 0.15) is 0 Å². The number of hydrogen-bond acceptors (Lipinski definition) is 4. The van der Waals surface area contributed by atoms with E-state index >= 15 is 0 Å². The summed E-state index contributed by atoms with van der Waals surface area (Å²) in [7, 11) is 1.39. The average molecular weight is 160 g/mol. The Bertz CT molecular complexity index is 117. The number of esters is 1. The number of carbonyl (C=O) groups is 1. The van der Waals surface area contributed by atoms with Gasteiger partial charge in [-0.25, -0.2) is 0 Å². The van der Waals surface area contributed by atoms with Gasteiger partial charge in [0.15, 0.2) is 0 Å². The van der Waals surface area contributed by atoms with Gasteiger partial charge in [-0.3, -0.25) is 4.79 Å². The fourth-order valence-corrected chi connectivity index (χ4v) is 0.705. The Morgan fingerprint density at radius 3 is 2.82 bits per heavy atom. The predicted octanol–water partition coefficient (Wildman–Crippen LogP) is -0.656. The van der Waals surface area contributed by atoms with E-state index in [1.165, 1.54) is 7.11 Å². The van der Waals surface area contributed by atoms with E-state index < -0.39 is 0 Å². The van der Waals surface area contributed by atoms with Gasteiger partial charge in [0.2, 0.25) is 0 Å². The van der Waals surface area contributed by atoms with Crippen molar-refractivity contribution in [1.82, 2.24) is 5.32 Å². The van der Waals surface area contributed by atoms with Crippen molar-refractivity contribution in [3.05, 3.63) is 0 Å². The Morgan fingerprint density at radius 2 is 2.36 bits per heavy atom. The average Bonchev–Trinajstić information content (AvgIpc) is 2.03. The van der Waals surface area contributed by atoms with Crippen LogP contribution in [0.4, 0.5) is 0 Å². The van der Waals surface area contributed by atoms with Gasteiger partial charge < -0.3 is 15.8 Å². The highest BCUT2D eigenvalue weighted by atomic mass is 16.5. The van der Waals surface area contributed by atoms with Crippen molar-refractivity contribution in [3.63, 3.8) is 0 Å². The smallest absolute Gasteiger partial charge is 0.309 e. The van der Waals surface area contributed by atoms with Crippen molar-refractivity contribution in [2.24, 2.45) is 11.7 Å². The summed E-state index contributed by atoms with van der Waals surface area (Å²) in [5.74, 6) is -0.277. The van der Waals surface area contributed by atoms with Crippen molar-refractivity contribution in [1.29, 1.82) is 0 Å². The summed E-state index contributed by atoms with van der Waals surface area (Å²) in [4.78, 5) is 10.8. The lowest BCUT2D eigenvalue weighted by atomic mass is 10.2. The summed E-state index contributed by atoms with van der Waals surface area (Å²) < 4.78 is 4.53. The number of hydrogen-bond donors (Lipinski definition) is 2. The maximum Gasteiger partial charge on any atom is 0.309 e. The first-order chi connectivity index (χ1) is 5.22. The van der Waals surface area contributed by atoms with E-state index in [4.69, 9.17) is 5.73 Å². The zero-order valence-corrected chi connectivity index (χ0v) is 7.09. The van der Waals surface area contributed by atoms with Gasteiger partial charge in [-0.1, -0.05) is 6.92 Å². The SMILES string of the molecule is COC(=O)C(C)CNCCN. The van der Waals surface area contributed by atoms with Crippen LogP contribution in [-0.2, 0) is 9.53 Å². The summed E-state index contributed by atoms with van der Waals surface area (Å²) in [6.07, 6.45) is 0. The molecule has 66 valence electrons. The van der Waals surface area contributed by atoms with Crippen LogP contribution in [0.1, 0.15) is 6.92 Å². The topological polar surface area (TPSA) is 64.3 Å². The van der Waals surface area contributed by atoms with Gasteiger partial charge in [-0.05, 0) is 0 Å². The maximum absolute atomic E-state index is 10.8. The molecule has 4 nitrogen and oxygen atoms in total. The molecule has 0 spiro atoms. The lowest BCUT2D eigenvalue weighted by molar-refractivity contribution is -0.144. The molecule has 1 atom stereocenters. The minimum absolute atomic E-state index is 0.0912. The van der Waals surface area contributed by atoms with Crippen molar-refractivity contribution in [3.8, 4) is 0 Å². The van der Waals surface area contributed by atoms with Crippen molar-refractivity contribution >= 4 is 5.97 Å². The normalized spacial score (nSPS) is 12.6. The third kappa shape index (κ3) is 4.75. The molecule has 0 saturated carbocycles. The van der Waals surface area contributed by atoms with Crippen LogP contribution < -0.4 is 11.1 Å². The van der Waals surface area contributed by atoms with Gasteiger partial charge in [0.25, 0.3) is 0 Å². The van der Waals surface area contributed by atoms with E-state index in [0.717, 1.165) is 6.54 Å². The first kappa shape index (κ1) is 10.4. The molecule has 1 unspecified atom stereocenters. The predicted molar refractivity (Wildman–Crippen MR) is 43.1 cm³/mol. The van der Waals surface area contributed by atoms with Crippen LogP contribution in [0.25, 0.3) is 0 Å². The molecular formula is C7H16N2O2. The van der Waals surface area contributed by atoms with Crippen LogP contribution in [0, 0.1) is 5.92 Å². The van der Waals surface area contributed by atoms with E-state index in [1.54, 1.807) is 0 Å². The Hall–Kier alpha value is -0.610. The Morgan fingerprint density at radius 1 is 1.73 bits per heavy atom. The van der Waals surface area contributed by atoms with E-state index in [9.17, 15) is 4.79 Å². The zero-order valence-electron chi connectivity index (χ0n) is 7.09. The molecule has 0 bridgehead atoms. The largest absolute Gasteiger partial charge is 0.469 e. The molecule has 0 fully saturated rings. The molecule has 0 aliphatic heterocycles. The molecule has 0 heterocycles. The second-order valence-corrected chi connectivity index (χ2v) is 2.42. The highest BCUT2D eigenvalue weighted by molar-refractivity contribution is 5.71. The zero-order chi connectivity index (χ0) is 8.69. The molecule has 0 aromatic rings. The molecular weight excluding hydrogens is 144 g/mol. The van der Waals surface area contributed by atoms with Crippen molar-refractivity contribution < 1.29 is 9.53 Å². The fraction of sp³-hybridized carbons (Fsp3) is 0.857. The number of nitrogens with two attached hydrogens (primary N) is 1. The molecule has 0 aromatic carbocycles. The summed E-state index contributed by atoms with van der Waals surface area (Å²) in [5, 5.41) is 3.02. The van der Waals surface area contributed by atoms with Gasteiger partial charge in [-0.15, -0.1) is 0 Å². The molecule has 0 amide bonds. The Labute approximate surface area is 67.1 Å². The summed E-state index contributed by atoms with van der Waals surface area (Å²) >= 11 is 0. The molecule has 4 heteroatoms. The van der Waals surface area contributed by atoms with Crippen LogP contribution >= 0.6 is 0 Å². The Kier molecular flexibility index (Phi) is 5.78. The first-order valence-electron chi connectivity index (χ1n) is 3.71. The molecule has 0 radical (unpaired) electrons. The minimum Gasteiger partial charge on any atom is -0.469 e. The highest BCUT2D eigenvalue weighted by Gasteiger charge is 2.11. The number of carbonyl (C=O) groups excluding carboxylic acids is 1. The van der Waals surface area contributed by atoms with Crippen LogP contribution in [0.5, 0.6) is 0 Å². The molecule has 0 aromatic heterocycles. The molecule has 11 heavy (non-hydrogen) atoms. The standard InChI is InChI=1S/C7H16N2O2/c1-6(7(10)11-2)5-9-4-3-8/h6,9H,3-5,8H2,1-2H3. The van der Waals surface area contributed by atoms with Crippen LogP contribution in [0.15, 0.2) is 0 Å². The van der Waals surface area contributed by atoms with Crippen molar-refractivity contribution in [2.75, 3.05) is 26.7 Å². The van der Waals surface area contributed by atoms with E-state index in [1.807, 2.05) is 6.92 Å². The number of methoxy groups -OCH3 is 1. The molecule has 0 aliphatic carbocycles. The van der Waals surface area contributed by atoms with Crippen molar-refractivity contribution in [2.45, 2.75) is 6.92 Å². The maximum atomic E-state index is 10.8. The summed E-state index contributed by atoms with van der Waals surface area (Å²) in [5.41, 5.74) is 5.24. The summed E-state index contributed by atoms with van der Waals surface area (Å²) in [6, 6.07) is 0. The second kappa shape index (κ2) is 6.12. The highest BCUT2D eigenvalue weighted by Crippen LogP contribution is 1.94. The number of nitrogens with one attached hydrogen (secondary N) is 1. The lowest BCUT2D eigenvalue weighted by Gasteiger charge is -2.08. The van der Waals surface area contributed by atoms with Crippen LogP contribution in [0.3, 0.4) is 0 Å². The molecule has 0 rings (SSSR count). The molecule has 3 N–H and O–H groups in total. The third-order valence-electron chi connectivity index (χ3n) is 1.38. The van der Waals surface area contributed by atoms with Gasteiger partial charge in [-0.2, -0.15) is 0 Å². The van der Waals surface area contributed by atoms with E-state index in [-0.39, 0.29) is 11.9 Å². The molecule has 0 saturated heterocycles. The summed E-state index contributed by atoms with van der Waals surface area (Å²) in [6.45, 7) is 3.77. The number of ether oxygens (including phenoxy) is 1. The Balaban J connectivity index is 3.36. The monoisotopic (exact) mass is 160 g/mol. The van der Waals surface area contributed by atoms with E-state index in [0.29, 0.717) is 13.1 Å². The third-order valence-corrected chi connectivity index (χ3v) is 1.38. The van der Waals surface area contributed by atoms with Gasteiger partial charge in [0, 0.05) is 19.6 Å². The van der Waals surface area contributed by atoms with Crippen LogP contribution in [-0.4, -0.2) is 32.7 Å². The van der Waals surface area contributed by atoms with E-state index in [2.05, 4.69) is 10.1 Å². The van der Waals surface area contributed by atoms with Gasteiger partial charge in [0.05, 0.1) is 13.0 Å². The number of rotatable bonds is 5. The molecule has 0 aliphatic rings. The quantitative estimate of drug-likeness (QED) is 0.414. The first-order valence-corrected chi connectivity index (χ1v) is 3.71. The van der Waals surface area contributed by atoms with Crippen LogP contribution in [0.2, 0.25) is 0 Å². The minimum atomic E-state index is -0.186. The lowest BCUT2D eigenvalue weighted by Crippen LogP contribution is -2.30. The fourth-order valence-electron chi connectivity index (χ4n) is 0.705.